The van der Waals surface area contributed by atoms with Crippen LogP contribution in [0.4, 0.5) is 5.69 Å². The van der Waals surface area contributed by atoms with Crippen molar-refractivity contribution in [3.63, 3.8) is 0 Å². The maximum absolute atomic E-state index is 13.0. The third kappa shape index (κ3) is 6.15. The van der Waals surface area contributed by atoms with Crippen LogP contribution in [0.5, 0.6) is 0 Å². The van der Waals surface area contributed by atoms with Crippen LogP contribution in [0.25, 0.3) is 10.2 Å². The number of anilines is 1. The molecule has 1 heterocycles. The number of carbonyl (C=O) groups is 2. The highest BCUT2D eigenvalue weighted by Crippen LogP contribution is 2.24. The molecule has 0 unspecified atom stereocenters. The van der Waals surface area contributed by atoms with Crippen molar-refractivity contribution in [2.24, 2.45) is 4.99 Å². The molecule has 1 aromatic heterocycles. The summed E-state index contributed by atoms with van der Waals surface area (Å²) in [4.78, 5) is 30.1. The molecule has 192 valence electrons. The summed E-state index contributed by atoms with van der Waals surface area (Å²) >= 11 is 1.32. The molecule has 0 fully saturated rings. The lowest BCUT2D eigenvalue weighted by atomic mass is 10.0. The van der Waals surface area contributed by atoms with E-state index in [4.69, 9.17) is 4.74 Å². The van der Waals surface area contributed by atoms with Crippen LogP contribution >= 0.6 is 11.3 Å². The van der Waals surface area contributed by atoms with Gasteiger partial charge in [0.05, 0.1) is 21.7 Å². The highest BCUT2D eigenvalue weighted by molar-refractivity contribution is 7.92. The second-order valence-electron chi connectivity index (χ2n) is 8.57. The Bertz CT molecular complexity index is 1600. The number of amides is 1. The van der Waals surface area contributed by atoms with Gasteiger partial charge in [-0.2, -0.15) is 4.99 Å². The Morgan fingerprint density at radius 3 is 2.38 bits per heavy atom. The van der Waals surface area contributed by atoms with Gasteiger partial charge in [-0.25, -0.2) is 8.42 Å². The van der Waals surface area contributed by atoms with Crippen molar-refractivity contribution >= 4 is 49.1 Å². The van der Waals surface area contributed by atoms with E-state index in [1.807, 2.05) is 18.2 Å². The summed E-state index contributed by atoms with van der Waals surface area (Å²) in [7, 11) is -3.75. The van der Waals surface area contributed by atoms with Gasteiger partial charge in [-0.3, -0.25) is 14.3 Å². The SMILES string of the molecule is CCOC(=O)Cn1c(=NC(=O)c2ccc(NS(=O)(=O)c3ccccc3)cc2)sc2cc(C(C)C)ccc21. The van der Waals surface area contributed by atoms with Crippen LogP contribution < -0.4 is 9.52 Å². The lowest BCUT2D eigenvalue weighted by Crippen LogP contribution is -2.23. The summed E-state index contributed by atoms with van der Waals surface area (Å²) in [6.07, 6.45) is 0. The van der Waals surface area contributed by atoms with Crippen LogP contribution in [0.15, 0.2) is 82.7 Å². The fraction of sp³-hybridized carbons (Fsp3) is 0.222. The second-order valence-corrected chi connectivity index (χ2v) is 11.3. The predicted octanol–water partition coefficient (Wildman–Crippen LogP) is 4.93. The van der Waals surface area contributed by atoms with Crippen LogP contribution in [0.1, 0.15) is 42.6 Å². The summed E-state index contributed by atoms with van der Waals surface area (Å²) in [5, 5.41) is 0. The number of esters is 1. The van der Waals surface area contributed by atoms with Crippen LogP contribution in [-0.2, 0) is 26.1 Å². The van der Waals surface area contributed by atoms with Gasteiger partial charge in [-0.05, 0) is 66.9 Å². The summed E-state index contributed by atoms with van der Waals surface area (Å²) in [6, 6.07) is 20.0. The molecule has 1 N–H and O–H groups in total. The number of benzene rings is 3. The standard InChI is InChI=1S/C27H27N3O5S2/c1-4-35-25(31)17-30-23-15-12-20(18(2)3)16-24(23)36-27(30)28-26(32)19-10-13-21(14-11-19)29-37(33,34)22-8-6-5-7-9-22/h5-16,18,29H,4,17H2,1-3H3. The van der Waals surface area contributed by atoms with Crippen LogP contribution in [0.3, 0.4) is 0 Å². The molecule has 4 rings (SSSR count). The van der Waals surface area contributed by atoms with E-state index in [9.17, 15) is 18.0 Å². The molecule has 0 saturated carbocycles. The molecule has 37 heavy (non-hydrogen) atoms. The number of fused-ring (bicyclic) bond motifs is 1. The van der Waals surface area contributed by atoms with Crippen molar-refractivity contribution < 1.29 is 22.7 Å². The molecular formula is C27H27N3O5S2. The lowest BCUT2D eigenvalue weighted by Gasteiger charge is -2.08. The van der Waals surface area contributed by atoms with Gasteiger partial charge in [-0.15, -0.1) is 0 Å². The number of aromatic nitrogens is 1. The van der Waals surface area contributed by atoms with E-state index in [2.05, 4.69) is 23.6 Å². The molecule has 4 aromatic rings. The van der Waals surface area contributed by atoms with Gasteiger partial charge in [0.25, 0.3) is 15.9 Å². The zero-order valence-electron chi connectivity index (χ0n) is 20.7. The van der Waals surface area contributed by atoms with Crippen molar-refractivity contribution in [2.75, 3.05) is 11.3 Å². The van der Waals surface area contributed by atoms with Crippen molar-refractivity contribution in [1.29, 1.82) is 0 Å². The number of ether oxygens (including phenoxy) is 1. The third-order valence-corrected chi connectivity index (χ3v) is 8.04. The smallest absolute Gasteiger partial charge is 0.326 e. The molecule has 0 bridgehead atoms. The molecular weight excluding hydrogens is 510 g/mol. The maximum atomic E-state index is 13.0. The first kappa shape index (κ1) is 26.3. The molecule has 0 saturated heterocycles. The minimum Gasteiger partial charge on any atom is -0.465 e. The number of thiazole rings is 1. The van der Waals surface area contributed by atoms with Crippen LogP contribution in [-0.4, -0.2) is 31.5 Å². The van der Waals surface area contributed by atoms with E-state index in [-0.39, 0.29) is 23.6 Å². The highest BCUT2D eigenvalue weighted by atomic mass is 32.2. The van der Waals surface area contributed by atoms with E-state index >= 15 is 0 Å². The van der Waals surface area contributed by atoms with Gasteiger partial charge in [-0.1, -0.05) is 49.4 Å². The Morgan fingerprint density at radius 2 is 1.73 bits per heavy atom. The first-order valence-corrected chi connectivity index (χ1v) is 14.0. The quantitative estimate of drug-likeness (QED) is 0.321. The Balaban J connectivity index is 1.65. The fourth-order valence-electron chi connectivity index (χ4n) is 3.67. The second kappa shape index (κ2) is 11.1. The highest BCUT2D eigenvalue weighted by Gasteiger charge is 2.16. The van der Waals surface area contributed by atoms with Crippen LogP contribution in [0, 0.1) is 0 Å². The summed E-state index contributed by atoms with van der Waals surface area (Å²) in [5.41, 5.74) is 2.54. The molecule has 0 aliphatic carbocycles. The molecule has 8 nitrogen and oxygen atoms in total. The molecule has 10 heteroatoms. The summed E-state index contributed by atoms with van der Waals surface area (Å²) < 4.78 is 35.3. The van der Waals surface area contributed by atoms with Gasteiger partial charge in [0.15, 0.2) is 4.80 Å². The van der Waals surface area contributed by atoms with Gasteiger partial charge in [0.1, 0.15) is 6.54 Å². The molecule has 0 spiro atoms. The van der Waals surface area contributed by atoms with Gasteiger partial charge >= 0.3 is 5.97 Å². The van der Waals surface area contributed by atoms with Crippen molar-refractivity contribution in [3.8, 4) is 0 Å². The fourth-order valence-corrected chi connectivity index (χ4v) is 5.82. The zero-order chi connectivity index (χ0) is 26.6. The predicted molar refractivity (Wildman–Crippen MR) is 144 cm³/mol. The summed E-state index contributed by atoms with van der Waals surface area (Å²) in [5.74, 6) is -0.602. The van der Waals surface area contributed by atoms with Crippen molar-refractivity contribution in [1.82, 2.24) is 4.57 Å². The number of carbonyl (C=O) groups excluding carboxylic acids is 2. The van der Waals surface area contributed by atoms with Crippen molar-refractivity contribution in [2.45, 2.75) is 38.1 Å². The summed E-state index contributed by atoms with van der Waals surface area (Å²) in [6.45, 7) is 6.12. The minimum absolute atomic E-state index is 0.0683. The normalized spacial score (nSPS) is 12.2. The van der Waals surface area contributed by atoms with E-state index < -0.39 is 21.9 Å². The number of nitrogens with zero attached hydrogens (tertiary/aromatic N) is 2. The monoisotopic (exact) mass is 537 g/mol. The Kier molecular flexibility index (Phi) is 7.89. The third-order valence-electron chi connectivity index (χ3n) is 5.60. The topological polar surface area (TPSA) is 107 Å². The molecule has 0 aliphatic rings. The maximum Gasteiger partial charge on any atom is 0.326 e. The average molecular weight is 538 g/mol. The lowest BCUT2D eigenvalue weighted by molar-refractivity contribution is -0.143. The first-order valence-electron chi connectivity index (χ1n) is 11.7. The van der Waals surface area contributed by atoms with Gasteiger partial charge < -0.3 is 9.30 Å². The van der Waals surface area contributed by atoms with E-state index in [0.29, 0.717) is 16.4 Å². The zero-order valence-corrected chi connectivity index (χ0v) is 22.3. The first-order chi connectivity index (χ1) is 17.7. The molecule has 3 aromatic carbocycles. The molecule has 0 radical (unpaired) electrons. The molecule has 0 atom stereocenters. The number of hydrogen-bond donors (Lipinski definition) is 1. The number of sulfonamides is 1. The Labute approximate surface area is 219 Å². The molecule has 1 amide bonds. The van der Waals surface area contributed by atoms with Crippen LogP contribution in [0.2, 0.25) is 0 Å². The van der Waals surface area contributed by atoms with Gasteiger partial charge in [0.2, 0.25) is 0 Å². The average Bonchev–Trinajstić information content (AvgIpc) is 3.20. The Hall–Kier alpha value is -3.76. The number of hydrogen-bond acceptors (Lipinski definition) is 6. The van der Waals surface area contributed by atoms with Crippen molar-refractivity contribution in [3.05, 3.63) is 88.7 Å². The van der Waals surface area contributed by atoms with E-state index in [1.54, 1.807) is 29.7 Å². The van der Waals surface area contributed by atoms with E-state index in [1.165, 1.54) is 47.7 Å². The van der Waals surface area contributed by atoms with E-state index in [0.717, 1.165) is 15.8 Å². The Morgan fingerprint density at radius 1 is 1.03 bits per heavy atom. The number of rotatable bonds is 8. The molecule has 0 aliphatic heterocycles. The largest absolute Gasteiger partial charge is 0.465 e. The minimum atomic E-state index is -3.75. The van der Waals surface area contributed by atoms with Gasteiger partial charge in [0, 0.05) is 11.3 Å². The number of nitrogens with one attached hydrogen (secondary N) is 1.